The van der Waals surface area contributed by atoms with Gasteiger partial charge in [0.15, 0.2) is 0 Å². The summed E-state index contributed by atoms with van der Waals surface area (Å²) in [4.78, 5) is 12.4. The highest BCUT2D eigenvalue weighted by Gasteiger charge is 2.26. The number of carbonyl (C=O) groups is 1. The van der Waals surface area contributed by atoms with Gasteiger partial charge >= 0.3 is 0 Å². The van der Waals surface area contributed by atoms with Crippen molar-refractivity contribution >= 4 is 5.91 Å². The van der Waals surface area contributed by atoms with E-state index in [1.165, 1.54) is 199 Å². The van der Waals surface area contributed by atoms with Gasteiger partial charge in [0.1, 0.15) is 6.10 Å². The Morgan fingerprint density at radius 3 is 1.12 bits per heavy atom. The summed E-state index contributed by atoms with van der Waals surface area (Å²) in [5.74, 6) is -0.146. The fraction of sp³-hybridized carbons (Fsp3) is 0.936. The molecule has 0 aromatic heterocycles. The third kappa shape index (κ3) is 37.4. The first-order valence-corrected chi connectivity index (χ1v) is 23.5. The Morgan fingerprint density at radius 1 is 0.462 bits per heavy atom. The van der Waals surface area contributed by atoms with E-state index in [0.717, 1.165) is 32.1 Å². The third-order valence-corrected chi connectivity index (χ3v) is 11.1. The number of unbranched alkanes of at least 4 members (excludes halogenated alkanes) is 33. The lowest BCUT2D eigenvalue weighted by Gasteiger charge is -2.26. The number of nitrogens with one attached hydrogen (secondary N) is 1. The maximum atomic E-state index is 12.4. The van der Waals surface area contributed by atoms with Crippen LogP contribution in [-0.2, 0) is 4.79 Å². The molecule has 4 N–H and O–H groups in total. The number of rotatable bonds is 43. The van der Waals surface area contributed by atoms with Crippen molar-refractivity contribution in [3.63, 3.8) is 0 Å². The number of hydrogen-bond donors (Lipinski definition) is 4. The number of amides is 1. The Kier molecular flexibility index (Phi) is 42.1. The van der Waals surface area contributed by atoms with Gasteiger partial charge in [0, 0.05) is 6.42 Å². The molecule has 5 nitrogen and oxygen atoms in total. The fourth-order valence-electron chi connectivity index (χ4n) is 7.45. The summed E-state index contributed by atoms with van der Waals surface area (Å²) < 4.78 is 0. The molecule has 0 fully saturated rings. The van der Waals surface area contributed by atoms with E-state index in [0.29, 0.717) is 12.8 Å². The molecule has 0 radical (unpaired) electrons. The van der Waals surface area contributed by atoms with E-state index in [1.54, 1.807) is 0 Å². The van der Waals surface area contributed by atoms with Crippen LogP contribution in [-0.4, -0.2) is 46.1 Å². The molecule has 5 heteroatoms. The standard InChI is InChI=1S/C47H93NO4/c1-3-5-7-9-11-13-15-17-19-21-22-23-24-26-27-29-31-33-35-37-39-41-45(50)47(52)44(43-49)48-46(51)42-40-38-36-34-32-30-28-25-20-18-16-14-12-10-8-6-4-2/h18,20,44-45,47,49-50,52H,3-17,19,21-43H2,1-2H3,(H,48,51)/b20-18-. The second-order valence-electron chi connectivity index (χ2n) is 16.3. The molecule has 3 unspecified atom stereocenters. The summed E-state index contributed by atoms with van der Waals surface area (Å²) in [7, 11) is 0. The van der Waals surface area contributed by atoms with E-state index in [4.69, 9.17) is 0 Å². The van der Waals surface area contributed by atoms with Gasteiger partial charge in [-0.1, -0.05) is 225 Å². The summed E-state index contributed by atoms with van der Waals surface area (Å²) in [6.45, 7) is 4.19. The summed E-state index contributed by atoms with van der Waals surface area (Å²) in [5, 5.41) is 33.6. The maximum Gasteiger partial charge on any atom is 0.220 e. The van der Waals surface area contributed by atoms with Crippen molar-refractivity contribution in [2.45, 2.75) is 276 Å². The molecule has 0 heterocycles. The zero-order valence-corrected chi connectivity index (χ0v) is 35.2. The van der Waals surface area contributed by atoms with Crippen LogP contribution < -0.4 is 5.32 Å². The number of aliphatic hydroxyl groups is 3. The SMILES string of the molecule is CCCCCCCC/C=C\CCCCCCCCCC(=O)NC(CO)C(O)C(O)CCCCCCCCCCCCCCCCCCCCCCC. The van der Waals surface area contributed by atoms with Gasteiger partial charge in [-0.05, 0) is 38.5 Å². The Balaban J connectivity index is 3.58. The van der Waals surface area contributed by atoms with Gasteiger partial charge < -0.3 is 20.6 Å². The molecule has 1 amide bonds. The molecular weight excluding hydrogens is 643 g/mol. The van der Waals surface area contributed by atoms with E-state index in [-0.39, 0.29) is 12.5 Å². The fourth-order valence-corrected chi connectivity index (χ4v) is 7.45. The Hall–Kier alpha value is -0.910. The van der Waals surface area contributed by atoms with E-state index < -0.39 is 18.2 Å². The Labute approximate surface area is 325 Å². The summed E-state index contributed by atoms with van der Waals surface area (Å²) in [6.07, 6.45) is 50.4. The lowest BCUT2D eigenvalue weighted by Crippen LogP contribution is -2.50. The van der Waals surface area contributed by atoms with Gasteiger partial charge in [-0.15, -0.1) is 0 Å². The normalized spacial score (nSPS) is 13.6. The molecule has 3 atom stereocenters. The van der Waals surface area contributed by atoms with Crippen molar-refractivity contribution < 1.29 is 20.1 Å². The lowest BCUT2D eigenvalue weighted by molar-refractivity contribution is -0.124. The minimum Gasteiger partial charge on any atom is -0.394 e. The second kappa shape index (κ2) is 42.8. The van der Waals surface area contributed by atoms with Crippen LogP contribution >= 0.6 is 0 Å². The molecule has 0 bridgehead atoms. The first-order valence-electron chi connectivity index (χ1n) is 23.5. The van der Waals surface area contributed by atoms with Crippen LogP contribution in [0.2, 0.25) is 0 Å². The topological polar surface area (TPSA) is 89.8 Å². The van der Waals surface area contributed by atoms with Crippen LogP contribution in [0.1, 0.15) is 258 Å². The second-order valence-corrected chi connectivity index (χ2v) is 16.3. The van der Waals surface area contributed by atoms with Crippen molar-refractivity contribution in [1.82, 2.24) is 5.32 Å². The molecule has 310 valence electrons. The van der Waals surface area contributed by atoms with Crippen LogP contribution in [0, 0.1) is 0 Å². The van der Waals surface area contributed by atoms with Crippen molar-refractivity contribution in [2.75, 3.05) is 6.61 Å². The Bertz CT molecular complexity index is 728. The van der Waals surface area contributed by atoms with Gasteiger partial charge in [-0.3, -0.25) is 4.79 Å². The molecule has 52 heavy (non-hydrogen) atoms. The molecule has 0 saturated carbocycles. The van der Waals surface area contributed by atoms with Gasteiger partial charge in [0.2, 0.25) is 5.91 Å². The third-order valence-electron chi connectivity index (χ3n) is 11.1. The minimum absolute atomic E-state index is 0.146. The highest BCUT2D eigenvalue weighted by atomic mass is 16.3. The summed E-state index contributed by atoms with van der Waals surface area (Å²) in [5.41, 5.74) is 0. The summed E-state index contributed by atoms with van der Waals surface area (Å²) in [6, 6.07) is -0.808. The van der Waals surface area contributed by atoms with Crippen molar-refractivity contribution in [3.8, 4) is 0 Å². The predicted molar refractivity (Wildman–Crippen MR) is 227 cm³/mol. The molecule has 0 aliphatic heterocycles. The van der Waals surface area contributed by atoms with Crippen LogP contribution in [0.5, 0.6) is 0 Å². The van der Waals surface area contributed by atoms with Crippen molar-refractivity contribution in [2.24, 2.45) is 0 Å². The van der Waals surface area contributed by atoms with Gasteiger partial charge in [-0.25, -0.2) is 0 Å². The zero-order chi connectivity index (χ0) is 38.0. The molecule has 0 saturated heterocycles. The number of carbonyl (C=O) groups excluding carboxylic acids is 1. The summed E-state index contributed by atoms with van der Waals surface area (Å²) >= 11 is 0. The number of aliphatic hydroxyl groups excluding tert-OH is 3. The zero-order valence-electron chi connectivity index (χ0n) is 35.2. The monoisotopic (exact) mass is 736 g/mol. The molecule has 0 aromatic rings. The van der Waals surface area contributed by atoms with Crippen molar-refractivity contribution in [3.05, 3.63) is 12.2 Å². The van der Waals surface area contributed by atoms with Crippen LogP contribution in [0.4, 0.5) is 0 Å². The van der Waals surface area contributed by atoms with E-state index in [2.05, 4.69) is 31.3 Å². The largest absolute Gasteiger partial charge is 0.394 e. The first kappa shape index (κ1) is 51.1. The average Bonchev–Trinajstić information content (AvgIpc) is 3.15. The molecule has 0 aromatic carbocycles. The van der Waals surface area contributed by atoms with E-state index in [1.807, 2.05) is 0 Å². The van der Waals surface area contributed by atoms with Gasteiger partial charge in [0.05, 0.1) is 18.8 Å². The van der Waals surface area contributed by atoms with Crippen LogP contribution in [0.3, 0.4) is 0 Å². The Morgan fingerprint density at radius 2 is 0.769 bits per heavy atom. The highest BCUT2D eigenvalue weighted by molar-refractivity contribution is 5.76. The highest BCUT2D eigenvalue weighted by Crippen LogP contribution is 2.17. The van der Waals surface area contributed by atoms with Crippen LogP contribution in [0.25, 0.3) is 0 Å². The molecule has 0 spiro atoms. The number of hydrogen-bond acceptors (Lipinski definition) is 4. The van der Waals surface area contributed by atoms with Crippen molar-refractivity contribution in [1.29, 1.82) is 0 Å². The predicted octanol–water partition coefficient (Wildman–Crippen LogP) is 13.6. The average molecular weight is 736 g/mol. The maximum absolute atomic E-state index is 12.4. The minimum atomic E-state index is -1.13. The van der Waals surface area contributed by atoms with Crippen LogP contribution in [0.15, 0.2) is 12.2 Å². The lowest BCUT2D eigenvalue weighted by atomic mass is 9.99. The van der Waals surface area contributed by atoms with E-state index in [9.17, 15) is 20.1 Å². The smallest absolute Gasteiger partial charge is 0.220 e. The molecule has 0 aliphatic rings. The number of allylic oxidation sites excluding steroid dienone is 2. The first-order chi connectivity index (χ1) is 25.6. The molecule has 0 rings (SSSR count). The van der Waals surface area contributed by atoms with Gasteiger partial charge in [0.25, 0.3) is 0 Å². The van der Waals surface area contributed by atoms with E-state index >= 15 is 0 Å². The quantitative estimate of drug-likeness (QED) is 0.0371. The molecular formula is C47H93NO4. The molecule has 0 aliphatic carbocycles. The van der Waals surface area contributed by atoms with Gasteiger partial charge in [-0.2, -0.15) is 0 Å².